The molecule has 0 saturated carbocycles. The number of likely N-dealkylation sites (N-methyl/N-ethyl adjacent to an activating group) is 2. The molecule has 1 aliphatic heterocycles. The van der Waals surface area contributed by atoms with Crippen molar-refractivity contribution in [2.24, 2.45) is 0 Å². The van der Waals surface area contributed by atoms with Crippen LogP contribution in [0.5, 0.6) is 0 Å². The molecule has 1 aromatic carbocycles. The van der Waals surface area contributed by atoms with E-state index < -0.39 is 5.41 Å². The highest BCUT2D eigenvalue weighted by atomic mass is 16.2. The predicted octanol–water partition coefficient (Wildman–Crippen LogP) is 2.74. The van der Waals surface area contributed by atoms with Gasteiger partial charge < -0.3 is 9.80 Å². The first-order valence-corrected chi connectivity index (χ1v) is 7.94. The van der Waals surface area contributed by atoms with Crippen LogP contribution >= 0.6 is 0 Å². The summed E-state index contributed by atoms with van der Waals surface area (Å²) in [6.45, 7) is 6.80. The summed E-state index contributed by atoms with van der Waals surface area (Å²) < 4.78 is 0. The number of carbonyl (C=O) groups is 2. The van der Waals surface area contributed by atoms with E-state index in [1.54, 1.807) is 16.8 Å². The average molecular weight is 302 g/mol. The van der Waals surface area contributed by atoms with E-state index in [1.165, 1.54) is 0 Å². The zero-order valence-electron chi connectivity index (χ0n) is 14.3. The standard InChI is InChI=1S/C18H26N2O2/c1-6-7-10-19(4)16(21)12-13-8-9-15-14(11-13)18(2,3)17(22)20(15)5/h8-9,11H,6-7,10,12H2,1-5H3. The van der Waals surface area contributed by atoms with E-state index in [-0.39, 0.29) is 11.8 Å². The summed E-state index contributed by atoms with van der Waals surface area (Å²) in [5.41, 5.74) is 2.42. The highest BCUT2D eigenvalue weighted by molar-refractivity contribution is 6.07. The Balaban J connectivity index is 2.18. The first-order chi connectivity index (χ1) is 10.3. The van der Waals surface area contributed by atoms with Crippen LogP contribution in [-0.4, -0.2) is 37.4 Å². The molecule has 2 amide bonds. The van der Waals surface area contributed by atoms with E-state index in [1.807, 2.05) is 39.1 Å². The number of unbranched alkanes of at least 4 members (excludes halogenated alkanes) is 1. The van der Waals surface area contributed by atoms with Crippen LogP contribution in [-0.2, 0) is 21.4 Å². The molecule has 0 unspecified atom stereocenters. The van der Waals surface area contributed by atoms with Crippen molar-refractivity contribution >= 4 is 17.5 Å². The van der Waals surface area contributed by atoms with E-state index in [0.29, 0.717) is 6.42 Å². The van der Waals surface area contributed by atoms with Gasteiger partial charge in [0.05, 0.1) is 11.8 Å². The lowest BCUT2D eigenvalue weighted by molar-refractivity contribution is -0.129. The van der Waals surface area contributed by atoms with Gasteiger partial charge in [-0.2, -0.15) is 0 Å². The summed E-state index contributed by atoms with van der Waals surface area (Å²) in [6.07, 6.45) is 2.50. The maximum Gasteiger partial charge on any atom is 0.236 e. The summed E-state index contributed by atoms with van der Waals surface area (Å²) in [6, 6.07) is 5.93. The maximum atomic E-state index is 12.3. The van der Waals surface area contributed by atoms with Gasteiger partial charge in [-0.3, -0.25) is 9.59 Å². The molecule has 4 nitrogen and oxygen atoms in total. The van der Waals surface area contributed by atoms with Crippen LogP contribution in [0.3, 0.4) is 0 Å². The van der Waals surface area contributed by atoms with Crippen molar-refractivity contribution in [3.05, 3.63) is 29.3 Å². The average Bonchev–Trinajstić information content (AvgIpc) is 2.66. The second kappa shape index (κ2) is 6.11. The van der Waals surface area contributed by atoms with Gasteiger partial charge in [0.1, 0.15) is 0 Å². The van der Waals surface area contributed by atoms with Crippen molar-refractivity contribution < 1.29 is 9.59 Å². The van der Waals surface area contributed by atoms with Crippen molar-refractivity contribution in [2.75, 3.05) is 25.5 Å². The monoisotopic (exact) mass is 302 g/mol. The van der Waals surface area contributed by atoms with Crippen molar-refractivity contribution in [3.63, 3.8) is 0 Å². The Morgan fingerprint density at radius 2 is 2.00 bits per heavy atom. The maximum absolute atomic E-state index is 12.3. The third-order valence-electron chi connectivity index (χ3n) is 4.56. The third-order valence-corrected chi connectivity index (χ3v) is 4.56. The first-order valence-electron chi connectivity index (χ1n) is 7.94. The molecule has 0 bridgehead atoms. The lowest BCUT2D eigenvalue weighted by Crippen LogP contribution is -2.33. The fraction of sp³-hybridized carbons (Fsp3) is 0.556. The Bertz CT molecular complexity index is 593. The molecular weight excluding hydrogens is 276 g/mol. The quantitative estimate of drug-likeness (QED) is 0.839. The predicted molar refractivity (Wildman–Crippen MR) is 89.1 cm³/mol. The molecule has 1 aliphatic rings. The normalized spacial score (nSPS) is 15.9. The molecule has 4 heteroatoms. The highest BCUT2D eigenvalue weighted by Gasteiger charge is 2.42. The smallest absolute Gasteiger partial charge is 0.236 e. The number of fused-ring (bicyclic) bond motifs is 1. The van der Waals surface area contributed by atoms with Gasteiger partial charge in [0.15, 0.2) is 0 Å². The lowest BCUT2D eigenvalue weighted by atomic mass is 9.85. The molecular formula is C18H26N2O2. The number of amides is 2. The molecule has 0 radical (unpaired) electrons. The topological polar surface area (TPSA) is 40.6 Å². The van der Waals surface area contributed by atoms with E-state index >= 15 is 0 Å². The largest absolute Gasteiger partial charge is 0.345 e. The summed E-state index contributed by atoms with van der Waals surface area (Å²) in [5, 5.41) is 0. The van der Waals surface area contributed by atoms with Crippen LogP contribution in [0.1, 0.15) is 44.7 Å². The minimum Gasteiger partial charge on any atom is -0.345 e. The highest BCUT2D eigenvalue weighted by Crippen LogP contribution is 2.41. The molecule has 0 atom stereocenters. The van der Waals surface area contributed by atoms with Gasteiger partial charge in [-0.1, -0.05) is 25.5 Å². The summed E-state index contributed by atoms with van der Waals surface area (Å²) in [5.74, 6) is 0.231. The molecule has 0 spiro atoms. The van der Waals surface area contributed by atoms with Gasteiger partial charge in [0.2, 0.25) is 11.8 Å². The minimum absolute atomic E-state index is 0.103. The summed E-state index contributed by atoms with van der Waals surface area (Å²) in [7, 11) is 3.66. The SMILES string of the molecule is CCCCN(C)C(=O)Cc1ccc2c(c1)C(C)(C)C(=O)N2C. The zero-order chi connectivity index (χ0) is 16.5. The van der Waals surface area contributed by atoms with Crippen LogP contribution in [0.4, 0.5) is 5.69 Å². The van der Waals surface area contributed by atoms with Gasteiger partial charge in [-0.25, -0.2) is 0 Å². The second-order valence-electron chi connectivity index (χ2n) is 6.69. The van der Waals surface area contributed by atoms with Crippen LogP contribution in [0, 0.1) is 0 Å². The third kappa shape index (κ3) is 2.87. The summed E-state index contributed by atoms with van der Waals surface area (Å²) in [4.78, 5) is 28.0. The zero-order valence-corrected chi connectivity index (χ0v) is 14.3. The molecule has 120 valence electrons. The molecule has 1 aromatic rings. The van der Waals surface area contributed by atoms with E-state index in [4.69, 9.17) is 0 Å². The number of carbonyl (C=O) groups excluding carboxylic acids is 2. The van der Waals surface area contributed by atoms with Crippen molar-refractivity contribution in [3.8, 4) is 0 Å². The molecule has 0 fully saturated rings. The van der Waals surface area contributed by atoms with Crippen molar-refractivity contribution in [1.82, 2.24) is 4.90 Å². The Morgan fingerprint density at radius 1 is 1.32 bits per heavy atom. The van der Waals surface area contributed by atoms with E-state index in [0.717, 1.165) is 36.2 Å². The number of hydrogen-bond acceptors (Lipinski definition) is 2. The number of benzene rings is 1. The Morgan fingerprint density at radius 3 is 2.64 bits per heavy atom. The van der Waals surface area contributed by atoms with Gasteiger partial charge in [-0.15, -0.1) is 0 Å². The first kappa shape index (κ1) is 16.5. The van der Waals surface area contributed by atoms with Crippen molar-refractivity contribution in [2.45, 2.75) is 45.4 Å². The number of hydrogen-bond donors (Lipinski definition) is 0. The Kier molecular flexibility index (Phi) is 4.59. The van der Waals surface area contributed by atoms with Crippen LogP contribution in [0.15, 0.2) is 18.2 Å². The molecule has 0 aliphatic carbocycles. The number of anilines is 1. The van der Waals surface area contributed by atoms with E-state index in [9.17, 15) is 9.59 Å². The van der Waals surface area contributed by atoms with Gasteiger partial charge in [-0.05, 0) is 37.5 Å². The van der Waals surface area contributed by atoms with E-state index in [2.05, 4.69) is 6.92 Å². The number of rotatable bonds is 5. The second-order valence-corrected chi connectivity index (χ2v) is 6.69. The molecule has 1 heterocycles. The fourth-order valence-electron chi connectivity index (χ4n) is 2.96. The fourth-order valence-corrected chi connectivity index (χ4v) is 2.96. The van der Waals surface area contributed by atoms with Crippen LogP contribution in [0.2, 0.25) is 0 Å². The molecule has 0 N–H and O–H groups in total. The molecule has 0 aromatic heterocycles. The van der Waals surface area contributed by atoms with Gasteiger partial charge >= 0.3 is 0 Å². The van der Waals surface area contributed by atoms with Crippen LogP contribution in [0.25, 0.3) is 0 Å². The van der Waals surface area contributed by atoms with Gasteiger partial charge in [0.25, 0.3) is 0 Å². The Labute approximate surface area is 133 Å². The summed E-state index contributed by atoms with van der Waals surface area (Å²) >= 11 is 0. The number of nitrogens with zero attached hydrogens (tertiary/aromatic N) is 2. The van der Waals surface area contributed by atoms with Crippen LogP contribution < -0.4 is 4.90 Å². The molecule has 0 saturated heterocycles. The Hall–Kier alpha value is -1.84. The van der Waals surface area contributed by atoms with Gasteiger partial charge in [0, 0.05) is 26.3 Å². The lowest BCUT2D eigenvalue weighted by Gasteiger charge is -2.18. The molecule has 2 rings (SSSR count). The minimum atomic E-state index is -0.517. The van der Waals surface area contributed by atoms with Crippen molar-refractivity contribution in [1.29, 1.82) is 0 Å². The molecule has 22 heavy (non-hydrogen) atoms.